The van der Waals surface area contributed by atoms with Gasteiger partial charge in [0, 0.05) is 23.5 Å². The highest BCUT2D eigenvalue weighted by molar-refractivity contribution is 5.74. The number of aliphatic hydroxyl groups excluding tert-OH is 2. The summed E-state index contributed by atoms with van der Waals surface area (Å²) < 4.78 is 0. The van der Waals surface area contributed by atoms with Crippen molar-refractivity contribution >= 4 is 0 Å². The molecule has 0 radical (unpaired) electrons. The maximum Gasteiger partial charge on any atom is 0.145 e. The fourth-order valence-corrected chi connectivity index (χ4v) is 2.38. The van der Waals surface area contributed by atoms with Gasteiger partial charge in [0.2, 0.25) is 0 Å². The zero-order chi connectivity index (χ0) is 16.4. The number of imidazole rings is 1. The van der Waals surface area contributed by atoms with Gasteiger partial charge in [-0.25, -0.2) is 4.98 Å². The molecular weight excluding hydrogens is 300 g/mol. The van der Waals surface area contributed by atoms with Gasteiger partial charge in [-0.3, -0.25) is 9.97 Å². The van der Waals surface area contributed by atoms with Crippen LogP contribution in [0.15, 0.2) is 31.0 Å². The van der Waals surface area contributed by atoms with Crippen LogP contribution in [0, 0.1) is 0 Å². The van der Waals surface area contributed by atoms with Crippen LogP contribution in [0.3, 0.4) is 0 Å². The Balaban J connectivity index is 2.13. The van der Waals surface area contributed by atoms with Gasteiger partial charge in [0.15, 0.2) is 0 Å². The molecule has 0 saturated carbocycles. The summed E-state index contributed by atoms with van der Waals surface area (Å²) in [6, 6.07) is 0. The molecule has 0 fully saturated rings. The molecule has 0 bridgehead atoms. The second-order valence-electron chi connectivity index (χ2n) is 4.85. The van der Waals surface area contributed by atoms with Crippen molar-refractivity contribution < 1.29 is 20.4 Å². The van der Waals surface area contributed by atoms with E-state index < -0.39 is 0 Å². The molecule has 3 aromatic heterocycles. The fourth-order valence-electron chi connectivity index (χ4n) is 2.38. The lowest BCUT2D eigenvalue weighted by Crippen LogP contribution is -1.94. The van der Waals surface area contributed by atoms with E-state index in [0.717, 1.165) is 0 Å². The average Bonchev–Trinajstić information content (AvgIpc) is 3.03. The lowest BCUT2D eigenvalue weighted by atomic mass is 10.1. The zero-order valence-electron chi connectivity index (χ0n) is 11.9. The highest BCUT2D eigenvalue weighted by atomic mass is 16.3. The molecule has 0 aliphatic rings. The van der Waals surface area contributed by atoms with E-state index in [1.54, 1.807) is 0 Å². The van der Waals surface area contributed by atoms with Gasteiger partial charge in [0.05, 0.1) is 48.6 Å². The number of aromatic amines is 1. The first-order chi connectivity index (χ1) is 11.2. The first-order valence-electron chi connectivity index (χ1n) is 6.74. The number of hydrogen-bond acceptors (Lipinski definition) is 7. The Bertz CT molecular complexity index is 779. The molecule has 0 aliphatic heterocycles. The minimum absolute atomic E-state index is 0.104. The van der Waals surface area contributed by atoms with Crippen molar-refractivity contribution in [1.82, 2.24) is 19.9 Å². The van der Waals surface area contributed by atoms with E-state index in [1.807, 2.05) is 0 Å². The van der Waals surface area contributed by atoms with Crippen molar-refractivity contribution in [1.29, 1.82) is 0 Å². The van der Waals surface area contributed by atoms with Crippen LogP contribution in [0.2, 0.25) is 0 Å². The highest BCUT2D eigenvalue weighted by Gasteiger charge is 2.17. The quantitative estimate of drug-likeness (QED) is 0.483. The molecule has 5 N–H and O–H groups in total. The van der Waals surface area contributed by atoms with Gasteiger partial charge in [0.1, 0.15) is 17.3 Å². The van der Waals surface area contributed by atoms with Crippen LogP contribution in [-0.2, 0) is 13.2 Å². The van der Waals surface area contributed by atoms with Crippen LogP contribution in [0.1, 0.15) is 11.1 Å². The van der Waals surface area contributed by atoms with Crippen molar-refractivity contribution in [2.24, 2.45) is 0 Å². The zero-order valence-corrected chi connectivity index (χ0v) is 11.9. The van der Waals surface area contributed by atoms with Crippen LogP contribution in [0.4, 0.5) is 0 Å². The van der Waals surface area contributed by atoms with Crippen molar-refractivity contribution in [3.8, 4) is 34.1 Å². The fraction of sp³-hybridized carbons (Fsp3) is 0.133. The standard InChI is InChI=1S/C15H14N4O4/c20-6-8-1-16-4-11(22)13(8)10-3-18-15(19-10)14-9(7-21)2-17-5-12(14)23/h1-5,20-23H,6-7H2,(H,18,19). The van der Waals surface area contributed by atoms with Gasteiger partial charge >= 0.3 is 0 Å². The van der Waals surface area contributed by atoms with Crippen molar-refractivity contribution in [2.45, 2.75) is 13.2 Å². The molecule has 0 aliphatic carbocycles. The first kappa shape index (κ1) is 14.9. The Morgan fingerprint density at radius 2 is 1.35 bits per heavy atom. The van der Waals surface area contributed by atoms with Crippen LogP contribution < -0.4 is 0 Å². The molecule has 3 rings (SSSR count). The van der Waals surface area contributed by atoms with Gasteiger partial charge in [-0.1, -0.05) is 0 Å². The van der Waals surface area contributed by atoms with Crippen molar-refractivity contribution in [3.63, 3.8) is 0 Å². The topological polar surface area (TPSA) is 135 Å². The monoisotopic (exact) mass is 314 g/mol. The number of aromatic hydroxyl groups is 2. The molecule has 0 saturated heterocycles. The molecule has 0 atom stereocenters. The molecule has 8 heteroatoms. The molecule has 0 unspecified atom stereocenters. The van der Waals surface area contributed by atoms with Crippen molar-refractivity contribution in [3.05, 3.63) is 42.1 Å². The molecule has 118 valence electrons. The molecule has 3 heterocycles. The maximum atomic E-state index is 9.99. The number of aromatic nitrogens is 4. The van der Waals surface area contributed by atoms with Crippen LogP contribution in [-0.4, -0.2) is 40.4 Å². The molecule has 23 heavy (non-hydrogen) atoms. The smallest absolute Gasteiger partial charge is 0.145 e. The molecule has 8 nitrogen and oxygen atoms in total. The summed E-state index contributed by atoms with van der Waals surface area (Å²) >= 11 is 0. The van der Waals surface area contributed by atoms with Crippen LogP contribution in [0.25, 0.3) is 22.6 Å². The van der Waals surface area contributed by atoms with Gasteiger partial charge in [0.25, 0.3) is 0 Å². The lowest BCUT2D eigenvalue weighted by Gasteiger charge is -2.08. The lowest BCUT2D eigenvalue weighted by molar-refractivity contribution is 0.281. The summed E-state index contributed by atoms with van der Waals surface area (Å²) in [6.07, 6.45) is 6.85. The van der Waals surface area contributed by atoms with Crippen LogP contribution >= 0.6 is 0 Å². The maximum absolute atomic E-state index is 9.99. The summed E-state index contributed by atoms with van der Waals surface area (Å²) in [4.78, 5) is 14.8. The molecular formula is C15H14N4O4. The average molecular weight is 314 g/mol. The largest absolute Gasteiger partial charge is 0.506 e. The minimum atomic E-state index is -0.310. The summed E-state index contributed by atoms with van der Waals surface area (Å²) in [5, 5.41) is 38.7. The number of nitrogens with zero attached hydrogens (tertiary/aromatic N) is 3. The third-order valence-electron chi connectivity index (χ3n) is 3.43. The van der Waals surface area contributed by atoms with Gasteiger partial charge in [-0.2, -0.15) is 0 Å². The summed E-state index contributed by atoms with van der Waals surface area (Å²) in [7, 11) is 0. The second-order valence-corrected chi connectivity index (χ2v) is 4.85. The van der Waals surface area contributed by atoms with E-state index in [2.05, 4.69) is 19.9 Å². The number of hydrogen-bond donors (Lipinski definition) is 5. The summed E-state index contributed by atoms with van der Waals surface area (Å²) in [5.74, 6) is 0.0796. The van der Waals surface area contributed by atoms with Crippen molar-refractivity contribution in [2.75, 3.05) is 0 Å². The van der Waals surface area contributed by atoms with E-state index in [9.17, 15) is 20.4 Å². The normalized spacial score (nSPS) is 10.9. The highest BCUT2D eigenvalue weighted by Crippen LogP contribution is 2.34. The molecule has 3 aromatic rings. The van der Waals surface area contributed by atoms with Crippen LogP contribution in [0.5, 0.6) is 11.5 Å². The van der Waals surface area contributed by atoms with Gasteiger partial charge in [-0.05, 0) is 0 Å². The van der Waals surface area contributed by atoms with E-state index in [4.69, 9.17) is 0 Å². The number of aliphatic hydroxyl groups is 2. The SMILES string of the molecule is OCc1cncc(O)c1-c1cnc(-c2c(O)cncc2CO)[nH]1. The predicted molar refractivity (Wildman–Crippen MR) is 80.2 cm³/mol. The third-order valence-corrected chi connectivity index (χ3v) is 3.43. The van der Waals surface area contributed by atoms with E-state index >= 15 is 0 Å². The Labute approximate surface area is 130 Å². The summed E-state index contributed by atoms with van der Waals surface area (Å²) in [5.41, 5.74) is 1.99. The van der Waals surface area contributed by atoms with E-state index in [0.29, 0.717) is 33.8 Å². The number of rotatable bonds is 4. The Kier molecular flexibility index (Phi) is 3.92. The summed E-state index contributed by atoms with van der Waals surface area (Å²) in [6.45, 7) is -0.608. The Morgan fingerprint density at radius 1 is 0.783 bits per heavy atom. The Morgan fingerprint density at radius 3 is 1.96 bits per heavy atom. The van der Waals surface area contributed by atoms with E-state index in [1.165, 1.54) is 31.0 Å². The predicted octanol–water partition coefficient (Wildman–Crippen LogP) is 0.929. The molecule has 0 spiro atoms. The second kappa shape index (κ2) is 6.03. The van der Waals surface area contributed by atoms with Gasteiger partial charge < -0.3 is 25.4 Å². The first-order valence-corrected chi connectivity index (χ1v) is 6.74. The molecule has 0 aromatic carbocycles. The van der Waals surface area contributed by atoms with E-state index in [-0.39, 0.29) is 24.7 Å². The van der Waals surface area contributed by atoms with Gasteiger partial charge in [-0.15, -0.1) is 0 Å². The number of nitrogens with one attached hydrogen (secondary N) is 1. The minimum Gasteiger partial charge on any atom is -0.506 e. The number of pyridine rings is 2. The Hall–Kier alpha value is -2.97. The third kappa shape index (κ3) is 2.60. The number of H-pyrrole nitrogens is 1. The molecule has 0 amide bonds.